The number of nitro groups is 1. The number of benzene rings is 2. The van der Waals surface area contributed by atoms with Crippen molar-refractivity contribution in [2.24, 2.45) is 0 Å². The molecule has 2 heterocycles. The first-order chi connectivity index (χ1) is 14.8. The molecule has 2 aliphatic heterocycles. The summed E-state index contributed by atoms with van der Waals surface area (Å²) >= 11 is 0. The van der Waals surface area contributed by atoms with Gasteiger partial charge in [0.05, 0.1) is 31.1 Å². The number of imide groups is 1. The summed E-state index contributed by atoms with van der Waals surface area (Å²) in [5.41, 5.74) is 2.85. The number of rotatable bonds is 5. The molecule has 9 heteroatoms. The zero-order chi connectivity index (χ0) is 22.1. The van der Waals surface area contributed by atoms with Crippen molar-refractivity contribution < 1.29 is 19.4 Å². The number of amides is 3. The van der Waals surface area contributed by atoms with Crippen LogP contribution in [0.15, 0.2) is 48.5 Å². The first kappa shape index (κ1) is 20.8. The van der Waals surface area contributed by atoms with Crippen molar-refractivity contribution in [1.29, 1.82) is 0 Å². The Morgan fingerprint density at radius 1 is 1.00 bits per heavy atom. The maximum atomic E-state index is 13.0. The molecule has 4 rings (SSSR count). The summed E-state index contributed by atoms with van der Waals surface area (Å²) in [7, 11) is 0. The van der Waals surface area contributed by atoms with Crippen LogP contribution in [-0.4, -0.2) is 60.7 Å². The first-order valence-electron chi connectivity index (χ1n) is 10.4. The molecule has 0 saturated carbocycles. The minimum Gasteiger partial charge on any atom is -0.360 e. The van der Waals surface area contributed by atoms with Gasteiger partial charge >= 0.3 is 6.03 Å². The Morgan fingerprint density at radius 3 is 2.16 bits per heavy atom. The summed E-state index contributed by atoms with van der Waals surface area (Å²) in [5, 5.41) is 10.8. The molecule has 0 unspecified atom stereocenters. The first-order valence-corrected chi connectivity index (χ1v) is 10.4. The number of non-ortho nitro benzene ring substituents is 1. The van der Waals surface area contributed by atoms with E-state index in [2.05, 4.69) is 4.90 Å². The monoisotopic (exact) mass is 424 g/mol. The van der Waals surface area contributed by atoms with E-state index in [-0.39, 0.29) is 17.6 Å². The zero-order valence-electron chi connectivity index (χ0n) is 17.7. The highest BCUT2D eigenvalue weighted by Gasteiger charge is 2.45. The normalized spacial score (nSPS) is 19.9. The standard InChI is InChI=1S/C22H25N5O4/c1-16-3-5-19(6-4-16)26-17(2)21(28)25(22(26)29)15-23-11-13-24(14-12-23)18-7-9-20(10-8-18)27(30)31/h3-10,17H,11-15H2,1-2H3/p+1/t17-/m0/s1. The lowest BCUT2D eigenvalue weighted by atomic mass is 10.2. The molecule has 1 N–H and O–H groups in total. The average Bonchev–Trinajstić information content (AvgIpc) is 2.98. The highest BCUT2D eigenvalue weighted by atomic mass is 16.6. The molecule has 162 valence electrons. The zero-order valence-corrected chi connectivity index (χ0v) is 17.7. The maximum Gasteiger partial charge on any atom is 0.336 e. The molecule has 1 atom stereocenters. The van der Waals surface area contributed by atoms with Crippen LogP contribution in [0.25, 0.3) is 0 Å². The Morgan fingerprint density at radius 2 is 1.58 bits per heavy atom. The van der Waals surface area contributed by atoms with E-state index in [0.29, 0.717) is 6.67 Å². The van der Waals surface area contributed by atoms with Crippen LogP contribution in [0.5, 0.6) is 0 Å². The van der Waals surface area contributed by atoms with Crippen molar-refractivity contribution in [2.75, 3.05) is 42.6 Å². The minimum atomic E-state index is -0.518. The van der Waals surface area contributed by atoms with Gasteiger partial charge in [0, 0.05) is 23.5 Å². The molecule has 0 bridgehead atoms. The second-order valence-corrected chi connectivity index (χ2v) is 8.10. The summed E-state index contributed by atoms with van der Waals surface area (Å²) in [4.78, 5) is 42.5. The Labute approximate surface area is 180 Å². The number of aryl methyl sites for hydroxylation is 1. The van der Waals surface area contributed by atoms with Crippen molar-refractivity contribution in [2.45, 2.75) is 19.9 Å². The van der Waals surface area contributed by atoms with Crippen molar-refractivity contribution in [3.05, 3.63) is 64.2 Å². The minimum absolute atomic E-state index is 0.0753. The number of anilines is 2. The van der Waals surface area contributed by atoms with E-state index in [1.807, 2.05) is 31.2 Å². The van der Waals surface area contributed by atoms with E-state index < -0.39 is 11.0 Å². The van der Waals surface area contributed by atoms with E-state index >= 15 is 0 Å². The Kier molecular flexibility index (Phi) is 5.60. The van der Waals surface area contributed by atoms with E-state index in [9.17, 15) is 19.7 Å². The summed E-state index contributed by atoms with van der Waals surface area (Å²) in [6.07, 6.45) is 0. The van der Waals surface area contributed by atoms with E-state index in [0.717, 1.165) is 48.0 Å². The van der Waals surface area contributed by atoms with Crippen LogP contribution in [0.2, 0.25) is 0 Å². The number of nitrogens with zero attached hydrogens (tertiary/aromatic N) is 4. The largest absolute Gasteiger partial charge is 0.360 e. The van der Waals surface area contributed by atoms with Gasteiger partial charge in [0.1, 0.15) is 6.04 Å². The number of quaternary nitrogens is 1. The molecule has 0 radical (unpaired) electrons. The molecule has 9 nitrogen and oxygen atoms in total. The summed E-state index contributed by atoms with van der Waals surface area (Å²) in [6.45, 7) is 7.14. The predicted molar refractivity (Wildman–Crippen MR) is 116 cm³/mol. The SMILES string of the molecule is Cc1ccc(N2C(=O)N(C[NH+]3CCN(c4ccc([N+](=O)[O-])cc4)CC3)C(=O)[C@@H]2C)cc1. The molecule has 2 aliphatic rings. The number of nitro benzene ring substituents is 1. The van der Waals surface area contributed by atoms with Gasteiger partial charge in [-0.3, -0.25) is 19.8 Å². The third kappa shape index (κ3) is 4.09. The fraction of sp³-hybridized carbons (Fsp3) is 0.364. The Hall–Kier alpha value is -3.46. The van der Waals surface area contributed by atoms with Gasteiger partial charge in [-0.1, -0.05) is 17.7 Å². The van der Waals surface area contributed by atoms with E-state index in [1.54, 1.807) is 24.0 Å². The van der Waals surface area contributed by atoms with Crippen LogP contribution >= 0.6 is 0 Å². The van der Waals surface area contributed by atoms with Gasteiger partial charge in [0.2, 0.25) is 0 Å². The Bertz CT molecular complexity index is 984. The van der Waals surface area contributed by atoms with Gasteiger partial charge < -0.3 is 9.80 Å². The summed E-state index contributed by atoms with van der Waals surface area (Å²) in [5.74, 6) is -0.170. The van der Waals surface area contributed by atoms with Gasteiger partial charge in [0.25, 0.3) is 11.6 Å². The molecule has 2 aromatic rings. The number of nitrogens with one attached hydrogen (secondary N) is 1. The van der Waals surface area contributed by atoms with E-state index in [1.165, 1.54) is 17.0 Å². The van der Waals surface area contributed by atoms with Gasteiger partial charge in [-0.2, -0.15) is 0 Å². The van der Waals surface area contributed by atoms with Crippen molar-refractivity contribution >= 4 is 29.0 Å². The molecule has 2 saturated heterocycles. The molecule has 31 heavy (non-hydrogen) atoms. The maximum absolute atomic E-state index is 13.0. The second kappa shape index (κ2) is 8.35. The number of carbonyl (C=O) groups is 2. The van der Waals surface area contributed by atoms with Crippen LogP contribution in [-0.2, 0) is 4.79 Å². The number of hydrogen-bond donors (Lipinski definition) is 1. The molecule has 0 aliphatic carbocycles. The predicted octanol–water partition coefficient (Wildman–Crippen LogP) is 1.42. The number of urea groups is 1. The quantitative estimate of drug-likeness (QED) is 0.445. The second-order valence-electron chi connectivity index (χ2n) is 8.10. The summed E-state index contributed by atoms with van der Waals surface area (Å²) < 4.78 is 0. The highest BCUT2D eigenvalue weighted by molar-refractivity contribution is 6.13. The van der Waals surface area contributed by atoms with Crippen LogP contribution in [0, 0.1) is 17.0 Å². The van der Waals surface area contributed by atoms with Crippen molar-refractivity contribution in [1.82, 2.24) is 4.90 Å². The topological polar surface area (TPSA) is 91.4 Å². The molecule has 0 spiro atoms. The molecular weight excluding hydrogens is 398 g/mol. The lowest BCUT2D eigenvalue weighted by Crippen LogP contribution is -3.16. The third-order valence-electron chi connectivity index (χ3n) is 6.04. The fourth-order valence-corrected chi connectivity index (χ4v) is 4.16. The number of hydrogen-bond acceptors (Lipinski definition) is 5. The van der Waals surface area contributed by atoms with Crippen molar-refractivity contribution in [3.8, 4) is 0 Å². The fourth-order valence-electron chi connectivity index (χ4n) is 4.16. The molecule has 0 aromatic heterocycles. The van der Waals surface area contributed by atoms with Gasteiger partial charge in [0.15, 0.2) is 6.67 Å². The number of carbonyl (C=O) groups excluding carboxylic acids is 2. The smallest absolute Gasteiger partial charge is 0.336 e. The molecule has 3 amide bonds. The average molecular weight is 424 g/mol. The van der Waals surface area contributed by atoms with Crippen LogP contribution in [0.1, 0.15) is 12.5 Å². The van der Waals surface area contributed by atoms with Gasteiger partial charge in [-0.25, -0.2) is 9.69 Å². The van der Waals surface area contributed by atoms with Gasteiger partial charge in [-0.15, -0.1) is 0 Å². The lowest BCUT2D eigenvalue weighted by molar-refractivity contribution is -0.907. The highest BCUT2D eigenvalue weighted by Crippen LogP contribution is 2.25. The van der Waals surface area contributed by atoms with Crippen LogP contribution in [0.4, 0.5) is 21.9 Å². The Balaban J connectivity index is 1.37. The van der Waals surface area contributed by atoms with Crippen molar-refractivity contribution in [3.63, 3.8) is 0 Å². The van der Waals surface area contributed by atoms with E-state index in [4.69, 9.17) is 0 Å². The van der Waals surface area contributed by atoms with Crippen LogP contribution in [0.3, 0.4) is 0 Å². The number of piperazine rings is 1. The molecule has 2 fully saturated rings. The summed E-state index contributed by atoms with van der Waals surface area (Å²) in [6, 6.07) is 13.4. The lowest BCUT2D eigenvalue weighted by Gasteiger charge is -2.34. The van der Waals surface area contributed by atoms with Crippen LogP contribution < -0.4 is 14.7 Å². The molecular formula is C22H26N5O4+. The third-order valence-corrected chi connectivity index (χ3v) is 6.04. The molecule has 2 aromatic carbocycles. The van der Waals surface area contributed by atoms with Gasteiger partial charge in [-0.05, 0) is 38.1 Å².